The average Bonchev–Trinajstić information content (AvgIpc) is 3.25. The number of ether oxygens (including phenoxy) is 1. The van der Waals surface area contributed by atoms with E-state index in [1.165, 1.54) is 18.4 Å². The maximum Gasteiger partial charge on any atom is 0.198 e. The van der Waals surface area contributed by atoms with Crippen LogP contribution in [0.2, 0.25) is 0 Å². The molecule has 25 heavy (non-hydrogen) atoms. The lowest BCUT2D eigenvalue weighted by molar-refractivity contribution is -0.145. The number of hydrogen-bond donors (Lipinski definition) is 0. The summed E-state index contributed by atoms with van der Waals surface area (Å²) in [5.74, 6) is 3.62. The van der Waals surface area contributed by atoms with E-state index in [4.69, 9.17) is 14.3 Å². The maximum absolute atomic E-state index is 6.60. The Morgan fingerprint density at radius 3 is 2.68 bits per heavy atom. The molecule has 1 aromatic heterocycles. The zero-order valence-electron chi connectivity index (χ0n) is 14.9. The summed E-state index contributed by atoms with van der Waals surface area (Å²) in [7, 11) is 0. The minimum Gasteiger partial charge on any atom is -0.466 e. The van der Waals surface area contributed by atoms with E-state index in [2.05, 4.69) is 36.2 Å². The van der Waals surface area contributed by atoms with Crippen molar-refractivity contribution in [3.8, 4) is 5.75 Å². The zero-order valence-corrected chi connectivity index (χ0v) is 14.9. The van der Waals surface area contributed by atoms with Crippen molar-refractivity contribution >= 4 is 5.71 Å². The van der Waals surface area contributed by atoms with Crippen LogP contribution in [0.5, 0.6) is 5.75 Å². The zero-order chi connectivity index (χ0) is 17.0. The summed E-state index contributed by atoms with van der Waals surface area (Å²) in [5.41, 5.74) is 1.99. The van der Waals surface area contributed by atoms with Gasteiger partial charge < -0.3 is 9.15 Å². The Kier molecular flexibility index (Phi) is 3.24. The minimum atomic E-state index is -0.297. The summed E-state index contributed by atoms with van der Waals surface area (Å²) < 4.78 is 12.5. The van der Waals surface area contributed by atoms with Crippen LogP contribution in [-0.2, 0) is 0 Å². The van der Waals surface area contributed by atoms with Gasteiger partial charge >= 0.3 is 0 Å². The van der Waals surface area contributed by atoms with Crippen LogP contribution >= 0.6 is 0 Å². The molecule has 1 aromatic carbocycles. The fourth-order valence-corrected chi connectivity index (χ4v) is 4.51. The minimum absolute atomic E-state index is 0.249. The number of para-hydroxylation sites is 1. The summed E-state index contributed by atoms with van der Waals surface area (Å²) >= 11 is 0. The van der Waals surface area contributed by atoms with Crippen LogP contribution in [0.3, 0.4) is 0 Å². The van der Waals surface area contributed by atoms with Gasteiger partial charge in [0.05, 0.1) is 6.04 Å². The summed E-state index contributed by atoms with van der Waals surface area (Å²) in [6, 6.07) is 12.8. The van der Waals surface area contributed by atoms with Crippen LogP contribution in [0.25, 0.3) is 0 Å². The van der Waals surface area contributed by atoms with Crippen LogP contribution in [0.15, 0.2) is 45.9 Å². The second-order valence-electron chi connectivity index (χ2n) is 7.79. The second kappa shape index (κ2) is 5.38. The Labute approximate surface area is 148 Å². The van der Waals surface area contributed by atoms with Gasteiger partial charge in [0.25, 0.3) is 0 Å². The van der Waals surface area contributed by atoms with E-state index in [-0.39, 0.29) is 11.8 Å². The lowest BCUT2D eigenvalue weighted by atomic mass is 9.82. The second-order valence-corrected chi connectivity index (χ2v) is 7.79. The molecule has 0 amide bonds. The van der Waals surface area contributed by atoms with Crippen molar-refractivity contribution in [1.82, 2.24) is 5.01 Å². The van der Waals surface area contributed by atoms with E-state index in [0.717, 1.165) is 48.2 Å². The molecule has 130 valence electrons. The molecule has 1 aliphatic carbocycles. The summed E-state index contributed by atoms with van der Waals surface area (Å²) in [6.07, 6.45) is 5.33. The van der Waals surface area contributed by atoms with Crippen LogP contribution in [0, 0.1) is 12.8 Å². The van der Waals surface area contributed by atoms with E-state index in [9.17, 15) is 0 Å². The Morgan fingerprint density at radius 1 is 1.12 bits per heavy atom. The molecule has 1 atom stereocenters. The molecule has 4 heteroatoms. The van der Waals surface area contributed by atoms with Gasteiger partial charge in [0.1, 0.15) is 23.0 Å². The molecule has 2 aromatic rings. The summed E-state index contributed by atoms with van der Waals surface area (Å²) in [4.78, 5) is 0. The van der Waals surface area contributed by atoms with Crippen LogP contribution in [0.1, 0.15) is 62.2 Å². The van der Waals surface area contributed by atoms with Gasteiger partial charge in [0.2, 0.25) is 0 Å². The van der Waals surface area contributed by atoms with E-state index < -0.39 is 0 Å². The Morgan fingerprint density at radius 2 is 1.92 bits per heavy atom. The lowest BCUT2D eigenvalue weighted by Crippen LogP contribution is -2.55. The van der Waals surface area contributed by atoms with Crippen LogP contribution < -0.4 is 4.74 Å². The highest BCUT2D eigenvalue weighted by atomic mass is 16.5. The third kappa shape index (κ3) is 2.30. The molecular weight excluding hydrogens is 312 g/mol. The first kappa shape index (κ1) is 15.1. The van der Waals surface area contributed by atoms with Crippen molar-refractivity contribution in [2.75, 3.05) is 0 Å². The molecule has 3 heterocycles. The van der Waals surface area contributed by atoms with Gasteiger partial charge in [-0.3, -0.25) is 0 Å². The van der Waals surface area contributed by atoms with E-state index in [1.54, 1.807) is 0 Å². The first-order chi connectivity index (χ1) is 12.1. The van der Waals surface area contributed by atoms with Gasteiger partial charge in [0, 0.05) is 24.8 Å². The summed E-state index contributed by atoms with van der Waals surface area (Å²) in [6.45, 7) is 4.32. The number of nitrogens with zero attached hydrogens (tertiary/aromatic N) is 2. The van der Waals surface area contributed by atoms with Gasteiger partial charge in [-0.05, 0) is 43.9 Å². The average molecular weight is 336 g/mol. The maximum atomic E-state index is 6.60. The Bertz CT molecular complexity index is 830. The molecule has 0 bridgehead atoms. The molecule has 0 radical (unpaired) electrons. The molecule has 4 nitrogen and oxygen atoms in total. The topological polar surface area (TPSA) is 38.0 Å². The first-order valence-electron chi connectivity index (χ1n) is 9.36. The third-order valence-electron chi connectivity index (χ3n) is 5.99. The molecular formula is C21H24N2O2. The van der Waals surface area contributed by atoms with Crippen molar-refractivity contribution < 1.29 is 9.15 Å². The van der Waals surface area contributed by atoms with E-state index in [0.29, 0.717) is 0 Å². The molecule has 1 fully saturated rings. The van der Waals surface area contributed by atoms with Crippen LogP contribution in [-0.4, -0.2) is 16.4 Å². The van der Waals surface area contributed by atoms with Crippen molar-refractivity contribution in [3.63, 3.8) is 0 Å². The fraction of sp³-hybridized carbons (Fsp3) is 0.476. The highest BCUT2D eigenvalue weighted by molar-refractivity contribution is 5.99. The van der Waals surface area contributed by atoms with Crippen molar-refractivity contribution in [3.05, 3.63) is 53.5 Å². The number of fused-ring (bicyclic) bond motifs is 4. The molecule has 0 N–H and O–H groups in total. The van der Waals surface area contributed by atoms with Crippen molar-refractivity contribution in [1.29, 1.82) is 0 Å². The molecule has 1 saturated carbocycles. The molecule has 2 aliphatic heterocycles. The number of furan rings is 1. The number of hydrogen-bond acceptors (Lipinski definition) is 4. The molecule has 3 aliphatic rings. The number of hydrazone groups is 1. The lowest BCUT2D eigenvalue weighted by Gasteiger charge is -2.50. The van der Waals surface area contributed by atoms with Gasteiger partial charge in [0.15, 0.2) is 5.72 Å². The van der Waals surface area contributed by atoms with Crippen molar-refractivity contribution in [2.24, 2.45) is 11.0 Å². The number of benzene rings is 1. The van der Waals surface area contributed by atoms with Gasteiger partial charge in [-0.2, -0.15) is 5.10 Å². The van der Waals surface area contributed by atoms with E-state index in [1.807, 2.05) is 19.1 Å². The molecule has 0 unspecified atom stereocenters. The fourth-order valence-electron chi connectivity index (χ4n) is 4.51. The number of aryl methyl sites for hydroxylation is 1. The predicted molar refractivity (Wildman–Crippen MR) is 96.6 cm³/mol. The standard InChI is InChI=1S/C21H24N2O2/c1-14-9-11-21(12-10-14)23-18(16-5-3-4-6-19(16)25-21)13-17(22-23)20-8-7-15(2)24-20/h3-8,14,18H,9-13H2,1-2H3/t14?,18-,21?/m1/s1. The third-order valence-corrected chi connectivity index (χ3v) is 5.99. The van der Waals surface area contributed by atoms with Gasteiger partial charge in [-0.15, -0.1) is 0 Å². The monoisotopic (exact) mass is 336 g/mol. The Hall–Kier alpha value is -2.23. The predicted octanol–water partition coefficient (Wildman–Crippen LogP) is 5.04. The smallest absolute Gasteiger partial charge is 0.198 e. The van der Waals surface area contributed by atoms with E-state index >= 15 is 0 Å². The SMILES string of the molecule is Cc1ccc(C2=NN3[C@H](C2)c2ccccc2OC32CCC(C)CC2)o1. The summed E-state index contributed by atoms with van der Waals surface area (Å²) in [5, 5.41) is 7.28. The first-order valence-corrected chi connectivity index (χ1v) is 9.36. The van der Waals surface area contributed by atoms with Crippen LogP contribution in [0.4, 0.5) is 0 Å². The Balaban J connectivity index is 1.58. The number of rotatable bonds is 1. The van der Waals surface area contributed by atoms with Gasteiger partial charge in [-0.25, -0.2) is 5.01 Å². The largest absolute Gasteiger partial charge is 0.466 e. The molecule has 0 saturated heterocycles. The molecule has 1 spiro atoms. The van der Waals surface area contributed by atoms with Gasteiger partial charge in [-0.1, -0.05) is 25.1 Å². The quantitative estimate of drug-likeness (QED) is 0.732. The molecule has 5 rings (SSSR count). The van der Waals surface area contributed by atoms with Crippen molar-refractivity contribution in [2.45, 2.75) is 57.7 Å². The normalized spacial score (nSPS) is 30.6. The highest BCUT2D eigenvalue weighted by Crippen LogP contribution is 2.51. The highest BCUT2D eigenvalue weighted by Gasteiger charge is 2.51.